The van der Waals surface area contributed by atoms with Crippen LogP contribution in [-0.4, -0.2) is 23.8 Å². The van der Waals surface area contributed by atoms with Crippen molar-refractivity contribution in [3.63, 3.8) is 0 Å². The van der Waals surface area contributed by atoms with Crippen molar-refractivity contribution in [2.24, 2.45) is 5.92 Å². The van der Waals surface area contributed by atoms with Crippen LogP contribution in [0.4, 0.5) is 0 Å². The summed E-state index contributed by atoms with van der Waals surface area (Å²) < 4.78 is 0. The standard InChI is InChI=1S/C8H15NO.ClH/c10-5-6-1-2-7-3-4-8(6)9-7;/h6-10H,1-5H2;1H. The summed E-state index contributed by atoms with van der Waals surface area (Å²) in [5.74, 6) is 0.554. The van der Waals surface area contributed by atoms with Gasteiger partial charge in [0.05, 0.1) is 0 Å². The summed E-state index contributed by atoms with van der Waals surface area (Å²) in [6.07, 6.45) is 5.14. The zero-order valence-electron chi connectivity index (χ0n) is 6.62. The third kappa shape index (κ3) is 1.68. The maximum Gasteiger partial charge on any atom is 0.0474 e. The van der Waals surface area contributed by atoms with Crippen LogP contribution in [0.15, 0.2) is 0 Å². The summed E-state index contributed by atoms with van der Waals surface area (Å²) in [5, 5.41) is 12.5. The van der Waals surface area contributed by atoms with Gasteiger partial charge < -0.3 is 10.4 Å². The Kier molecular flexibility index (Phi) is 3.16. The van der Waals surface area contributed by atoms with Gasteiger partial charge in [0.25, 0.3) is 0 Å². The summed E-state index contributed by atoms with van der Waals surface area (Å²) in [7, 11) is 0. The van der Waals surface area contributed by atoms with Crippen molar-refractivity contribution >= 4 is 12.4 Å². The highest BCUT2D eigenvalue weighted by Gasteiger charge is 2.34. The minimum absolute atomic E-state index is 0. The number of fused-ring (bicyclic) bond motifs is 2. The van der Waals surface area contributed by atoms with Crippen LogP contribution in [0, 0.1) is 5.92 Å². The van der Waals surface area contributed by atoms with E-state index in [1.165, 1.54) is 25.7 Å². The lowest BCUT2D eigenvalue weighted by Crippen LogP contribution is -2.41. The molecule has 0 aliphatic carbocycles. The van der Waals surface area contributed by atoms with E-state index in [2.05, 4.69) is 5.32 Å². The fraction of sp³-hybridized carbons (Fsp3) is 1.00. The molecule has 0 saturated carbocycles. The number of rotatable bonds is 1. The van der Waals surface area contributed by atoms with Gasteiger partial charge in [0.2, 0.25) is 0 Å². The van der Waals surface area contributed by atoms with E-state index in [-0.39, 0.29) is 12.4 Å². The van der Waals surface area contributed by atoms with Gasteiger partial charge in [-0.2, -0.15) is 0 Å². The highest BCUT2D eigenvalue weighted by atomic mass is 35.5. The molecule has 2 bridgehead atoms. The number of aliphatic hydroxyl groups excluding tert-OH is 1. The third-order valence-corrected chi connectivity index (χ3v) is 2.97. The molecule has 2 rings (SSSR count). The number of nitrogens with one attached hydrogen (secondary N) is 1. The molecule has 0 radical (unpaired) electrons. The van der Waals surface area contributed by atoms with E-state index in [9.17, 15) is 0 Å². The average molecular weight is 178 g/mol. The van der Waals surface area contributed by atoms with E-state index in [1.54, 1.807) is 0 Å². The number of aliphatic hydroxyl groups is 1. The monoisotopic (exact) mass is 177 g/mol. The minimum atomic E-state index is 0. The first-order valence-corrected chi connectivity index (χ1v) is 4.27. The Morgan fingerprint density at radius 3 is 2.64 bits per heavy atom. The van der Waals surface area contributed by atoms with Crippen LogP contribution in [0.25, 0.3) is 0 Å². The molecule has 2 nitrogen and oxygen atoms in total. The largest absolute Gasteiger partial charge is 0.396 e. The molecule has 0 aromatic carbocycles. The normalized spacial score (nSPS) is 41.7. The second kappa shape index (κ2) is 3.74. The quantitative estimate of drug-likeness (QED) is 0.625. The summed E-state index contributed by atoms with van der Waals surface area (Å²) in [6, 6.07) is 1.43. The fourth-order valence-electron chi connectivity index (χ4n) is 2.28. The summed E-state index contributed by atoms with van der Waals surface area (Å²) in [4.78, 5) is 0. The molecule has 0 aromatic heterocycles. The maximum absolute atomic E-state index is 8.97. The lowest BCUT2D eigenvalue weighted by molar-refractivity contribution is 0.165. The molecule has 2 fully saturated rings. The molecule has 0 aromatic rings. The zero-order chi connectivity index (χ0) is 6.97. The molecule has 2 saturated heterocycles. The van der Waals surface area contributed by atoms with Gasteiger partial charge in [0.1, 0.15) is 0 Å². The average Bonchev–Trinajstić information content (AvgIpc) is 2.34. The molecule has 0 spiro atoms. The Hall–Kier alpha value is 0.210. The van der Waals surface area contributed by atoms with E-state index in [4.69, 9.17) is 5.11 Å². The van der Waals surface area contributed by atoms with Crippen LogP contribution in [0.3, 0.4) is 0 Å². The highest BCUT2D eigenvalue weighted by Crippen LogP contribution is 2.30. The van der Waals surface area contributed by atoms with Gasteiger partial charge in [-0.3, -0.25) is 0 Å². The van der Waals surface area contributed by atoms with Crippen molar-refractivity contribution in [1.82, 2.24) is 5.32 Å². The fourth-order valence-corrected chi connectivity index (χ4v) is 2.28. The van der Waals surface area contributed by atoms with Crippen LogP contribution in [0.5, 0.6) is 0 Å². The molecular weight excluding hydrogens is 162 g/mol. The molecule has 3 heteroatoms. The van der Waals surface area contributed by atoms with Crippen molar-refractivity contribution in [3.8, 4) is 0 Å². The van der Waals surface area contributed by atoms with Crippen LogP contribution >= 0.6 is 12.4 Å². The maximum atomic E-state index is 8.97. The molecule has 11 heavy (non-hydrogen) atoms. The van der Waals surface area contributed by atoms with Crippen molar-refractivity contribution in [1.29, 1.82) is 0 Å². The predicted octanol–water partition coefficient (Wildman–Crippen LogP) is 0.931. The van der Waals surface area contributed by atoms with Gasteiger partial charge in [-0.05, 0) is 31.6 Å². The Balaban J connectivity index is 0.000000605. The summed E-state index contributed by atoms with van der Waals surface area (Å²) in [5.41, 5.74) is 0. The van der Waals surface area contributed by atoms with Crippen LogP contribution in [-0.2, 0) is 0 Å². The van der Waals surface area contributed by atoms with Crippen LogP contribution in [0.2, 0.25) is 0 Å². The van der Waals surface area contributed by atoms with E-state index < -0.39 is 0 Å². The Morgan fingerprint density at radius 2 is 1.91 bits per heavy atom. The molecule has 2 aliphatic rings. The molecule has 2 aliphatic heterocycles. The first-order valence-electron chi connectivity index (χ1n) is 4.27. The van der Waals surface area contributed by atoms with Crippen molar-refractivity contribution in [2.45, 2.75) is 37.8 Å². The molecule has 66 valence electrons. The molecule has 2 heterocycles. The molecule has 3 atom stereocenters. The second-order valence-electron chi connectivity index (χ2n) is 3.57. The Bertz CT molecular complexity index is 131. The van der Waals surface area contributed by atoms with Gasteiger partial charge in [-0.15, -0.1) is 12.4 Å². The van der Waals surface area contributed by atoms with Crippen LogP contribution < -0.4 is 5.32 Å². The molecule has 0 amide bonds. The van der Waals surface area contributed by atoms with E-state index in [0.29, 0.717) is 18.6 Å². The Labute approximate surface area is 73.8 Å². The second-order valence-corrected chi connectivity index (χ2v) is 3.57. The SMILES string of the molecule is Cl.OCC1CCC2CCC1N2. The smallest absolute Gasteiger partial charge is 0.0474 e. The summed E-state index contributed by atoms with van der Waals surface area (Å²) in [6.45, 7) is 0.379. The van der Waals surface area contributed by atoms with Crippen molar-refractivity contribution in [2.75, 3.05) is 6.61 Å². The number of hydrogen-bond donors (Lipinski definition) is 2. The lowest BCUT2D eigenvalue weighted by Gasteiger charge is -2.28. The third-order valence-electron chi connectivity index (χ3n) is 2.97. The number of halogens is 1. The highest BCUT2D eigenvalue weighted by molar-refractivity contribution is 5.85. The van der Waals surface area contributed by atoms with E-state index >= 15 is 0 Å². The van der Waals surface area contributed by atoms with Crippen molar-refractivity contribution in [3.05, 3.63) is 0 Å². The molecular formula is C8H16ClNO. The Morgan fingerprint density at radius 1 is 1.18 bits per heavy atom. The van der Waals surface area contributed by atoms with Gasteiger partial charge in [-0.1, -0.05) is 0 Å². The van der Waals surface area contributed by atoms with Gasteiger partial charge in [0, 0.05) is 18.7 Å². The minimum Gasteiger partial charge on any atom is -0.396 e. The van der Waals surface area contributed by atoms with Crippen LogP contribution in [0.1, 0.15) is 25.7 Å². The molecule has 3 unspecified atom stereocenters. The topological polar surface area (TPSA) is 32.3 Å². The van der Waals surface area contributed by atoms with Gasteiger partial charge in [0.15, 0.2) is 0 Å². The van der Waals surface area contributed by atoms with Gasteiger partial charge >= 0.3 is 0 Å². The zero-order valence-corrected chi connectivity index (χ0v) is 7.44. The van der Waals surface area contributed by atoms with E-state index in [1.807, 2.05) is 0 Å². The lowest BCUT2D eigenvalue weighted by atomic mass is 9.93. The molecule has 2 N–H and O–H groups in total. The predicted molar refractivity (Wildman–Crippen MR) is 47.0 cm³/mol. The van der Waals surface area contributed by atoms with E-state index in [0.717, 1.165) is 6.04 Å². The van der Waals surface area contributed by atoms with Crippen molar-refractivity contribution < 1.29 is 5.11 Å². The first kappa shape index (κ1) is 9.30. The number of hydrogen-bond acceptors (Lipinski definition) is 2. The first-order chi connectivity index (χ1) is 4.90. The van der Waals surface area contributed by atoms with Gasteiger partial charge in [-0.25, -0.2) is 0 Å². The number of piperidine rings is 1. The summed E-state index contributed by atoms with van der Waals surface area (Å²) >= 11 is 0.